The molecular formula is C13H15BrO2. The van der Waals surface area contributed by atoms with Crippen LogP contribution in [-0.2, 0) is 10.2 Å². The molecule has 0 aromatic heterocycles. The zero-order valence-corrected chi connectivity index (χ0v) is 11.1. The van der Waals surface area contributed by atoms with Crippen LogP contribution in [0.25, 0.3) is 0 Å². The number of carbonyl (C=O) groups excluding carboxylic acids is 1. The summed E-state index contributed by atoms with van der Waals surface area (Å²) in [6, 6.07) is 7.96. The van der Waals surface area contributed by atoms with Crippen molar-refractivity contribution in [1.82, 2.24) is 0 Å². The first kappa shape index (κ1) is 11.6. The zero-order chi connectivity index (χ0) is 11.8. The van der Waals surface area contributed by atoms with Crippen LogP contribution in [0, 0.1) is 0 Å². The number of ketones is 1. The van der Waals surface area contributed by atoms with Crippen molar-refractivity contribution in [3.8, 4) is 5.75 Å². The van der Waals surface area contributed by atoms with Crippen LogP contribution in [0.5, 0.6) is 5.75 Å². The molecule has 3 heteroatoms. The summed E-state index contributed by atoms with van der Waals surface area (Å²) in [4.78, 5) is 11.7. The van der Waals surface area contributed by atoms with E-state index in [1.54, 1.807) is 0 Å². The molecule has 0 aliphatic carbocycles. The van der Waals surface area contributed by atoms with Crippen LogP contribution in [0.1, 0.15) is 25.8 Å². The van der Waals surface area contributed by atoms with E-state index in [0.29, 0.717) is 5.33 Å². The number of Topliss-reactive ketones (excluding diaryl/α,β-unsaturated/α-hetero) is 1. The molecule has 2 rings (SSSR count). The summed E-state index contributed by atoms with van der Waals surface area (Å²) in [6.45, 7) is 4.31. The molecular weight excluding hydrogens is 268 g/mol. The zero-order valence-electron chi connectivity index (χ0n) is 9.50. The lowest BCUT2D eigenvalue weighted by Crippen LogP contribution is -2.39. The Hall–Kier alpha value is -0.830. The second-order valence-corrected chi connectivity index (χ2v) is 5.35. The normalized spacial score (nSPS) is 22.1. The Labute approximate surface area is 104 Å². The highest BCUT2D eigenvalue weighted by atomic mass is 79.9. The molecule has 0 spiro atoms. The number of para-hydroxylation sites is 1. The van der Waals surface area contributed by atoms with Crippen LogP contribution in [0.4, 0.5) is 0 Å². The number of rotatable bonds is 2. The van der Waals surface area contributed by atoms with E-state index in [-0.39, 0.29) is 17.3 Å². The predicted molar refractivity (Wildman–Crippen MR) is 67.3 cm³/mol. The van der Waals surface area contributed by atoms with Gasteiger partial charge in [-0.3, -0.25) is 4.79 Å². The van der Waals surface area contributed by atoms with Gasteiger partial charge in [-0.2, -0.15) is 0 Å². The third kappa shape index (κ3) is 2.01. The SMILES string of the molecule is CC1(C)CC(C(=O)CBr)Oc2ccccc21. The monoisotopic (exact) mass is 282 g/mol. The largest absolute Gasteiger partial charge is 0.482 e. The first-order chi connectivity index (χ1) is 7.54. The third-order valence-corrected chi connectivity index (χ3v) is 3.62. The van der Waals surface area contributed by atoms with Crippen molar-refractivity contribution in [1.29, 1.82) is 0 Å². The minimum Gasteiger partial charge on any atom is -0.482 e. The molecule has 2 nitrogen and oxygen atoms in total. The van der Waals surface area contributed by atoms with Gasteiger partial charge in [0.2, 0.25) is 0 Å². The Kier molecular flexibility index (Phi) is 3.06. The molecule has 1 unspecified atom stereocenters. The lowest BCUT2D eigenvalue weighted by atomic mass is 9.77. The number of carbonyl (C=O) groups is 1. The first-order valence-electron chi connectivity index (χ1n) is 5.39. The molecule has 1 aliphatic rings. The Morgan fingerprint density at radius 3 is 2.88 bits per heavy atom. The van der Waals surface area contributed by atoms with Gasteiger partial charge in [0.15, 0.2) is 11.9 Å². The average Bonchev–Trinajstić information content (AvgIpc) is 2.27. The lowest BCUT2D eigenvalue weighted by molar-refractivity contribution is -0.124. The van der Waals surface area contributed by atoms with Crippen molar-refractivity contribution < 1.29 is 9.53 Å². The van der Waals surface area contributed by atoms with Gasteiger partial charge in [-0.05, 0) is 17.0 Å². The van der Waals surface area contributed by atoms with Crippen molar-refractivity contribution >= 4 is 21.7 Å². The summed E-state index contributed by atoms with van der Waals surface area (Å²) in [5.74, 6) is 0.959. The van der Waals surface area contributed by atoms with Crippen molar-refractivity contribution in [3.63, 3.8) is 0 Å². The van der Waals surface area contributed by atoms with Crippen LogP contribution < -0.4 is 4.74 Å². The average molecular weight is 283 g/mol. The number of benzene rings is 1. The van der Waals surface area contributed by atoms with Gasteiger partial charge in [-0.25, -0.2) is 0 Å². The van der Waals surface area contributed by atoms with Crippen molar-refractivity contribution in [3.05, 3.63) is 29.8 Å². The molecule has 1 aromatic carbocycles. The van der Waals surface area contributed by atoms with Crippen LogP contribution in [0.3, 0.4) is 0 Å². The molecule has 1 heterocycles. The van der Waals surface area contributed by atoms with Crippen molar-refractivity contribution in [2.24, 2.45) is 0 Å². The number of ether oxygens (including phenoxy) is 1. The number of hydrogen-bond donors (Lipinski definition) is 0. The highest BCUT2D eigenvalue weighted by molar-refractivity contribution is 9.09. The van der Waals surface area contributed by atoms with E-state index in [4.69, 9.17) is 4.74 Å². The second kappa shape index (κ2) is 4.21. The maximum Gasteiger partial charge on any atom is 0.183 e. The van der Waals surface area contributed by atoms with E-state index in [1.807, 2.05) is 18.2 Å². The molecule has 0 amide bonds. The standard InChI is InChI=1S/C13H15BrO2/c1-13(2)7-12(10(15)8-14)16-11-6-4-3-5-9(11)13/h3-6,12H,7-8H2,1-2H3. The van der Waals surface area contributed by atoms with Gasteiger partial charge < -0.3 is 4.74 Å². The van der Waals surface area contributed by atoms with E-state index in [0.717, 1.165) is 12.2 Å². The van der Waals surface area contributed by atoms with Gasteiger partial charge in [0.05, 0.1) is 5.33 Å². The summed E-state index contributed by atoms with van der Waals surface area (Å²) in [5.41, 5.74) is 1.19. The first-order valence-corrected chi connectivity index (χ1v) is 6.51. The Morgan fingerprint density at radius 2 is 2.19 bits per heavy atom. The molecule has 0 N–H and O–H groups in total. The maximum atomic E-state index is 11.7. The third-order valence-electron chi connectivity index (χ3n) is 3.07. The van der Waals surface area contributed by atoms with Gasteiger partial charge in [-0.15, -0.1) is 0 Å². The molecule has 1 aliphatic heterocycles. The van der Waals surface area contributed by atoms with Gasteiger partial charge in [0.1, 0.15) is 5.75 Å². The van der Waals surface area contributed by atoms with E-state index in [1.165, 1.54) is 5.56 Å². The van der Waals surface area contributed by atoms with Crippen molar-refractivity contribution in [2.75, 3.05) is 5.33 Å². The number of alkyl halides is 1. The van der Waals surface area contributed by atoms with E-state index in [9.17, 15) is 4.79 Å². The molecule has 1 atom stereocenters. The molecule has 0 radical (unpaired) electrons. The van der Waals surface area contributed by atoms with Crippen LogP contribution >= 0.6 is 15.9 Å². The van der Waals surface area contributed by atoms with Gasteiger partial charge in [0, 0.05) is 6.42 Å². The summed E-state index contributed by atoms with van der Waals surface area (Å²) < 4.78 is 5.74. The van der Waals surface area contributed by atoms with Crippen molar-refractivity contribution in [2.45, 2.75) is 31.8 Å². The number of fused-ring (bicyclic) bond motifs is 1. The van der Waals surface area contributed by atoms with E-state index >= 15 is 0 Å². The summed E-state index contributed by atoms with van der Waals surface area (Å²) in [7, 11) is 0. The number of halogens is 1. The number of hydrogen-bond acceptors (Lipinski definition) is 2. The maximum absolute atomic E-state index is 11.7. The fraction of sp³-hybridized carbons (Fsp3) is 0.462. The molecule has 0 saturated heterocycles. The van der Waals surface area contributed by atoms with Crippen LogP contribution in [-0.4, -0.2) is 17.2 Å². The Bertz CT molecular complexity index is 412. The van der Waals surface area contributed by atoms with Crippen LogP contribution in [0.2, 0.25) is 0 Å². The summed E-state index contributed by atoms with van der Waals surface area (Å²) in [5, 5.41) is 0.357. The van der Waals surface area contributed by atoms with Gasteiger partial charge >= 0.3 is 0 Å². The molecule has 0 saturated carbocycles. The second-order valence-electron chi connectivity index (χ2n) is 4.79. The molecule has 16 heavy (non-hydrogen) atoms. The topological polar surface area (TPSA) is 26.3 Å². The molecule has 0 fully saturated rings. The summed E-state index contributed by atoms with van der Waals surface area (Å²) in [6.07, 6.45) is 0.429. The molecule has 86 valence electrons. The lowest BCUT2D eigenvalue weighted by Gasteiger charge is -2.36. The smallest absolute Gasteiger partial charge is 0.183 e. The predicted octanol–water partition coefficient (Wildman–Crippen LogP) is 3.08. The highest BCUT2D eigenvalue weighted by Crippen LogP contribution is 2.40. The molecule has 1 aromatic rings. The summed E-state index contributed by atoms with van der Waals surface area (Å²) >= 11 is 3.20. The minimum atomic E-state index is -0.315. The van der Waals surface area contributed by atoms with E-state index in [2.05, 4.69) is 35.8 Å². The fourth-order valence-electron chi connectivity index (χ4n) is 2.16. The quantitative estimate of drug-likeness (QED) is 0.780. The Morgan fingerprint density at radius 1 is 1.50 bits per heavy atom. The van der Waals surface area contributed by atoms with E-state index < -0.39 is 0 Å². The Balaban J connectivity index is 2.37. The highest BCUT2D eigenvalue weighted by Gasteiger charge is 2.36. The minimum absolute atomic E-state index is 0.00264. The van der Waals surface area contributed by atoms with Gasteiger partial charge in [0.25, 0.3) is 0 Å². The van der Waals surface area contributed by atoms with Crippen LogP contribution in [0.15, 0.2) is 24.3 Å². The fourth-order valence-corrected chi connectivity index (χ4v) is 2.52. The van der Waals surface area contributed by atoms with Gasteiger partial charge in [-0.1, -0.05) is 48.0 Å². The molecule has 0 bridgehead atoms.